The summed E-state index contributed by atoms with van der Waals surface area (Å²) in [5.74, 6) is 0.107. The maximum absolute atomic E-state index is 11.7. The van der Waals surface area contributed by atoms with Gasteiger partial charge in [-0.2, -0.15) is 0 Å². The van der Waals surface area contributed by atoms with Crippen molar-refractivity contribution in [3.63, 3.8) is 0 Å². The van der Waals surface area contributed by atoms with Gasteiger partial charge in [0.25, 0.3) is 0 Å². The highest BCUT2D eigenvalue weighted by molar-refractivity contribution is 14.1. The van der Waals surface area contributed by atoms with Crippen LogP contribution in [0.1, 0.15) is 18.4 Å². The van der Waals surface area contributed by atoms with E-state index < -0.39 is 5.41 Å². The summed E-state index contributed by atoms with van der Waals surface area (Å²) in [5.41, 5.74) is 0.494. The van der Waals surface area contributed by atoms with Crippen LogP contribution in [0.15, 0.2) is 12.1 Å². The zero-order chi connectivity index (χ0) is 11.9. The number of phenolic OH excluding ortho intramolecular Hbond substituents is 1. The van der Waals surface area contributed by atoms with Gasteiger partial charge >= 0.3 is 5.97 Å². The van der Waals surface area contributed by atoms with Crippen LogP contribution in [-0.2, 0) is 14.9 Å². The van der Waals surface area contributed by atoms with E-state index in [1.54, 1.807) is 0 Å². The first-order valence-electron chi connectivity index (χ1n) is 4.78. The number of halogens is 2. The van der Waals surface area contributed by atoms with Gasteiger partial charge in [0.05, 0.1) is 19.7 Å². The van der Waals surface area contributed by atoms with E-state index in [1.165, 1.54) is 7.11 Å². The van der Waals surface area contributed by atoms with E-state index in [1.807, 2.05) is 12.1 Å². The molecule has 1 saturated carbocycles. The lowest BCUT2D eigenvalue weighted by molar-refractivity contribution is -0.143. The minimum absolute atomic E-state index is 0.176. The molecule has 0 spiro atoms. The Morgan fingerprint density at radius 3 is 2.25 bits per heavy atom. The number of carbonyl (C=O) groups excluding carboxylic acids is 1. The average Bonchev–Trinajstić information content (AvgIpc) is 3.05. The Balaban J connectivity index is 2.46. The molecule has 1 N–H and O–H groups in total. The van der Waals surface area contributed by atoms with E-state index in [2.05, 4.69) is 45.2 Å². The molecule has 0 atom stereocenters. The summed E-state index contributed by atoms with van der Waals surface area (Å²) in [6, 6.07) is 3.73. The molecule has 16 heavy (non-hydrogen) atoms. The summed E-state index contributed by atoms with van der Waals surface area (Å²) in [6.07, 6.45) is 1.66. The SMILES string of the molecule is COC(=O)C1(c2cc(I)c(O)c(I)c2)CC1. The second-order valence-corrected chi connectivity index (χ2v) is 6.19. The predicted octanol–water partition coefficient (Wildman–Crippen LogP) is 2.81. The lowest BCUT2D eigenvalue weighted by Crippen LogP contribution is -2.22. The van der Waals surface area contributed by atoms with Gasteiger partial charge in [-0.3, -0.25) is 4.79 Å². The third kappa shape index (κ3) is 1.92. The standard InChI is InChI=1S/C11H10I2O3/c1-16-10(15)11(2-3-11)6-4-7(12)9(14)8(13)5-6/h4-5,14H,2-3H2,1H3. The fourth-order valence-electron chi connectivity index (χ4n) is 1.77. The number of esters is 1. The van der Waals surface area contributed by atoms with Crippen LogP contribution in [0.2, 0.25) is 0 Å². The van der Waals surface area contributed by atoms with Gasteiger partial charge < -0.3 is 9.84 Å². The summed E-state index contributed by atoms with van der Waals surface area (Å²) in [6.45, 7) is 0. The summed E-state index contributed by atoms with van der Waals surface area (Å²) >= 11 is 4.14. The molecule has 0 saturated heterocycles. The van der Waals surface area contributed by atoms with E-state index in [9.17, 15) is 9.90 Å². The van der Waals surface area contributed by atoms with Gasteiger partial charge in [-0.05, 0) is 75.7 Å². The summed E-state index contributed by atoms with van der Waals surface area (Å²) in [5, 5.41) is 9.68. The maximum atomic E-state index is 11.7. The normalized spacial score (nSPS) is 16.9. The number of hydrogen-bond donors (Lipinski definition) is 1. The summed E-state index contributed by atoms with van der Waals surface area (Å²) in [4.78, 5) is 11.7. The number of benzene rings is 1. The zero-order valence-electron chi connectivity index (χ0n) is 8.59. The molecule has 1 aromatic carbocycles. The van der Waals surface area contributed by atoms with Crippen LogP contribution in [0.3, 0.4) is 0 Å². The van der Waals surface area contributed by atoms with Crippen molar-refractivity contribution in [1.29, 1.82) is 0 Å². The van der Waals surface area contributed by atoms with Crippen LogP contribution in [0, 0.1) is 7.14 Å². The minimum atomic E-state index is -0.456. The van der Waals surface area contributed by atoms with Crippen molar-refractivity contribution >= 4 is 51.2 Å². The molecular formula is C11H10I2O3. The number of hydrogen-bond acceptors (Lipinski definition) is 3. The van der Waals surface area contributed by atoms with E-state index >= 15 is 0 Å². The molecule has 3 nitrogen and oxygen atoms in total. The number of ether oxygens (including phenoxy) is 1. The Morgan fingerprint density at radius 1 is 1.38 bits per heavy atom. The van der Waals surface area contributed by atoms with Crippen LogP contribution in [-0.4, -0.2) is 18.2 Å². The van der Waals surface area contributed by atoms with Crippen LogP contribution < -0.4 is 0 Å². The Labute approximate surface area is 121 Å². The number of rotatable bonds is 2. The summed E-state index contributed by atoms with van der Waals surface area (Å²) < 4.78 is 6.38. The van der Waals surface area contributed by atoms with Crippen LogP contribution in [0.25, 0.3) is 0 Å². The molecule has 1 aromatic rings. The van der Waals surface area contributed by atoms with Crippen molar-refractivity contribution in [3.8, 4) is 5.75 Å². The molecule has 0 aromatic heterocycles. The lowest BCUT2D eigenvalue weighted by atomic mass is 9.96. The molecule has 2 rings (SSSR count). The Kier molecular flexibility index (Phi) is 3.35. The first-order valence-corrected chi connectivity index (χ1v) is 6.94. The average molecular weight is 444 g/mol. The fourth-order valence-corrected chi connectivity index (χ4v) is 3.54. The highest BCUT2D eigenvalue weighted by atomic mass is 127. The number of methoxy groups -OCH3 is 1. The minimum Gasteiger partial charge on any atom is -0.506 e. The molecule has 0 unspecified atom stereocenters. The van der Waals surface area contributed by atoms with Crippen LogP contribution in [0.5, 0.6) is 5.75 Å². The third-order valence-corrected chi connectivity index (χ3v) is 4.54. The number of carbonyl (C=O) groups is 1. The first-order chi connectivity index (χ1) is 7.51. The molecule has 86 valence electrons. The van der Waals surface area contributed by atoms with Crippen LogP contribution in [0.4, 0.5) is 0 Å². The van der Waals surface area contributed by atoms with Gasteiger partial charge in [0.1, 0.15) is 5.75 Å². The molecule has 0 aliphatic heterocycles. The highest BCUT2D eigenvalue weighted by Gasteiger charge is 2.52. The van der Waals surface area contributed by atoms with Crippen molar-refractivity contribution in [3.05, 3.63) is 24.8 Å². The first kappa shape index (κ1) is 12.4. The van der Waals surface area contributed by atoms with E-state index in [0.717, 1.165) is 25.5 Å². The molecule has 0 heterocycles. The van der Waals surface area contributed by atoms with Gasteiger partial charge in [0.2, 0.25) is 0 Å². The number of aromatic hydroxyl groups is 1. The van der Waals surface area contributed by atoms with Crippen molar-refractivity contribution in [2.24, 2.45) is 0 Å². The van der Waals surface area contributed by atoms with Crippen molar-refractivity contribution in [1.82, 2.24) is 0 Å². The van der Waals surface area contributed by atoms with Crippen LogP contribution >= 0.6 is 45.2 Å². The maximum Gasteiger partial charge on any atom is 0.316 e. The summed E-state index contributed by atoms with van der Waals surface area (Å²) in [7, 11) is 1.42. The Bertz CT molecular complexity index is 430. The highest BCUT2D eigenvalue weighted by Crippen LogP contribution is 2.50. The molecule has 1 aliphatic rings. The smallest absolute Gasteiger partial charge is 0.316 e. The second kappa shape index (κ2) is 4.32. The van der Waals surface area contributed by atoms with E-state index in [0.29, 0.717) is 0 Å². The molecule has 5 heteroatoms. The third-order valence-electron chi connectivity index (χ3n) is 2.90. The van der Waals surface area contributed by atoms with Gasteiger partial charge in [0.15, 0.2) is 0 Å². The number of phenols is 1. The van der Waals surface area contributed by atoms with E-state index in [-0.39, 0.29) is 11.7 Å². The van der Waals surface area contributed by atoms with Crippen molar-refractivity contribution < 1.29 is 14.6 Å². The molecule has 1 fully saturated rings. The predicted molar refractivity (Wildman–Crippen MR) is 76.5 cm³/mol. The van der Waals surface area contributed by atoms with E-state index in [4.69, 9.17) is 4.74 Å². The van der Waals surface area contributed by atoms with Crippen molar-refractivity contribution in [2.45, 2.75) is 18.3 Å². The van der Waals surface area contributed by atoms with Gasteiger partial charge in [-0.25, -0.2) is 0 Å². The van der Waals surface area contributed by atoms with Gasteiger partial charge in [-0.15, -0.1) is 0 Å². The largest absolute Gasteiger partial charge is 0.506 e. The second-order valence-electron chi connectivity index (χ2n) is 3.86. The quantitative estimate of drug-likeness (QED) is 0.564. The Hall–Kier alpha value is -0.0500. The van der Waals surface area contributed by atoms with Gasteiger partial charge in [0, 0.05) is 0 Å². The molecule has 1 aliphatic carbocycles. The molecule has 0 amide bonds. The zero-order valence-corrected chi connectivity index (χ0v) is 12.9. The molecule has 0 radical (unpaired) electrons. The van der Waals surface area contributed by atoms with Gasteiger partial charge in [-0.1, -0.05) is 0 Å². The Morgan fingerprint density at radius 2 is 1.88 bits per heavy atom. The molecular weight excluding hydrogens is 434 g/mol. The van der Waals surface area contributed by atoms with Crippen molar-refractivity contribution in [2.75, 3.05) is 7.11 Å². The fraction of sp³-hybridized carbons (Fsp3) is 0.364. The lowest BCUT2D eigenvalue weighted by Gasteiger charge is -2.14. The topological polar surface area (TPSA) is 46.5 Å². The monoisotopic (exact) mass is 444 g/mol. The molecule has 0 bridgehead atoms.